The first-order valence-corrected chi connectivity index (χ1v) is 7.42. The third-order valence-electron chi connectivity index (χ3n) is 3.70. The van der Waals surface area contributed by atoms with Gasteiger partial charge in [0.15, 0.2) is 17.8 Å². The maximum Gasteiger partial charge on any atom is 0.330 e. The van der Waals surface area contributed by atoms with Gasteiger partial charge in [-0.15, -0.1) is 0 Å². The Morgan fingerprint density at radius 2 is 1.88 bits per heavy atom. The van der Waals surface area contributed by atoms with Crippen LogP contribution in [-0.2, 0) is 19.0 Å². The number of carbonyl (C=O) groups excluding carboxylic acids is 1. The molecule has 1 aliphatic rings. The molecule has 25 heavy (non-hydrogen) atoms. The number of hydrogen-bond acceptors (Lipinski definition) is 9. The largest absolute Gasteiger partial charge is 0.504 e. The fraction of sp³-hybridized carbons (Fsp3) is 0.438. The highest BCUT2D eigenvalue weighted by Crippen LogP contribution is 2.25. The Kier molecular flexibility index (Phi) is 6.34. The molecule has 1 aromatic rings. The third-order valence-corrected chi connectivity index (χ3v) is 3.70. The van der Waals surface area contributed by atoms with Crippen LogP contribution in [0.3, 0.4) is 0 Å². The van der Waals surface area contributed by atoms with Gasteiger partial charge < -0.3 is 39.7 Å². The summed E-state index contributed by atoms with van der Waals surface area (Å²) in [5, 5.41) is 47.8. The van der Waals surface area contributed by atoms with Gasteiger partial charge in [-0.3, -0.25) is 0 Å². The van der Waals surface area contributed by atoms with Crippen LogP contribution in [0.25, 0.3) is 6.08 Å². The molecule has 1 saturated heterocycles. The summed E-state index contributed by atoms with van der Waals surface area (Å²) in [6.07, 6.45) is -4.16. The highest BCUT2D eigenvalue weighted by molar-refractivity contribution is 5.87. The average Bonchev–Trinajstić information content (AvgIpc) is 2.60. The van der Waals surface area contributed by atoms with Gasteiger partial charge in [-0.2, -0.15) is 0 Å². The topological polar surface area (TPSA) is 146 Å². The molecule has 0 aliphatic carbocycles. The van der Waals surface area contributed by atoms with Crippen molar-refractivity contribution < 1.29 is 44.5 Å². The van der Waals surface area contributed by atoms with Gasteiger partial charge >= 0.3 is 5.97 Å². The number of aliphatic hydroxyl groups excluding tert-OH is 3. The molecule has 1 fully saturated rings. The van der Waals surface area contributed by atoms with Crippen molar-refractivity contribution >= 4 is 12.0 Å². The van der Waals surface area contributed by atoms with Crippen LogP contribution in [-0.4, -0.2) is 75.9 Å². The summed E-state index contributed by atoms with van der Waals surface area (Å²) in [6, 6.07) is 4.01. The summed E-state index contributed by atoms with van der Waals surface area (Å²) in [4.78, 5) is 11.7. The lowest BCUT2D eigenvalue weighted by atomic mass is 9.99. The van der Waals surface area contributed by atoms with Crippen molar-refractivity contribution in [2.45, 2.75) is 30.7 Å². The minimum absolute atomic E-state index is 0.281. The second-order valence-corrected chi connectivity index (χ2v) is 5.46. The second kappa shape index (κ2) is 8.28. The zero-order valence-electron chi connectivity index (χ0n) is 13.3. The molecule has 0 unspecified atom stereocenters. The number of hydrogen-bond donors (Lipinski definition) is 5. The highest BCUT2D eigenvalue weighted by Gasteiger charge is 2.44. The summed E-state index contributed by atoms with van der Waals surface area (Å²) in [6.45, 7) is -0.366. The number of phenols is 2. The quantitative estimate of drug-likeness (QED) is 0.257. The van der Waals surface area contributed by atoms with E-state index in [0.717, 1.165) is 6.08 Å². The van der Waals surface area contributed by atoms with Gasteiger partial charge in [0, 0.05) is 13.2 Å². The maximum absolute atomic E-state index is 11.7. The molecule has 0 bridgehead atoms. The first-order valence-electron chi connectivity index (χ1n) is 7.42. The van der Waals surface area contributed by atoms with Crippen molar-refractivity contribution in [2.24, 2.45) is 0 Å². The van der Waals surface area contributed by atoms with Crippen LogP contribution in [0, 0.1) is 0 Å². The Morgan fingerprint density at radius 3 is 2.52 bits per heavy atom. The van der Waals surface area contributed by atoms with Crippen LogP contribution in [0.2, 0.25) is 0 Å². The Labute approximate surface area is 143 Å². The molecular formula is C16H20O9. The molecule has 138 valence electrons. The SMILES string of the molecule is CO[C@@H]1O[C@H](COC(=O)/C=C/c2ccc(O)c(O)c2)[C@@H](O)[C@H](O)[C@H]1O. The molecule has 1 aromatic carbocycles. The van der Waals surface area contributed by atoms with E-state index in [-0.39, 0.29) is 18.1 Å². The number of methoxy groups -OCH3 is 1. The number of ether oxygens (including phenoxy) is 3. The van der Waals surface area contributed by atoms with Gasteiger partial charge in [0.2, 0.25) is 0 Å². The average molecular weight is 356 g/mol. The van der Waals surface area contributed by atoms with Crippen molar-refractivity contribution in [3.63, 3.8) is 0 Å². The number of aromatic hydroxyl groups is 2. The molecule has 1 heterocycles. The van der Waals surface area contributed by atoms with Crippen LogP contribution < -0.4 is 0 Å². The van der Waals surface area contributed by atoms with Crippen LogP contribution in [0.5, 0.6) is 11.5 Å². The number of carbonyl (C=O) groups is 1. The predicted octanol–water partition coefficient (Wildman–Crippen LogP) is -0.892. The van der Waals surface area contributed by atoms with E-state index in [1.54, 1.807) is 0 Å². The Balaban J connectivity index is 1.90. The van der Waals surface area contributed by atoms with E-state index in [0.29, 0.717) is 5.56 Å². The molecule has 0 amide bonds. The molecule has 9 nitrogen and oxygen atoms in total. The van der Waals surface area contributed by atoms with Gasteiger partial charge in [-0.1, -0.05) is 6.07 Å². The van der Waals surface area contributed by atoms with E-state index in [1.165, 1.54) is 31.4 Å². The molecule has 5 atom stereocenters. The van der Waals surface area contributed by atoms with Gasteiger partial charge in [-0.25, -0.2) is 4.79 Å². The first-order chi connectivity index (χ1) is 11.8. The van der Waals surface area contributed by atoms with Crippen molar-refractivity contribution in [2.75, 3.05) is 13.7 Å². The van der Waals surface area contributed by atoms with Crippen LogP contribution >= 0.6 is 0 Å². The number of benzene rings is 1. The molecule has 2 rings (SSSR count). The van der Waals surface area contributed by atoms with E-state index >= 15 is 0 Å². The molecule has 5 N–H and O–H groups in total. The van der Waals surface area contributed by atoms with E-state index < -0.39 is 36.7 Å². The zero-order chi connectivity index (χ0) is 18.6. The molecule has 9 heteroatoms. The predicted molar refractivity (Wildman–Crippen MR) is 83.5 cm³/mol. The van der Waals surface area contributed by atoms with Gasteiger partial charge in [0.25, 0.3) is 0 Å². The molecule has 0 radical (unpaired) electrons. The standard InChI is InChI=1S/C16H20O9/c1-23-16-15(22)14(21)13(20)11(25-16)7-24-12(19)5-3-8-2-4-9(17)10(18)6-8/h2-6,11,13-18,20-22H,7H2,1H3/b5-3+/t11-,13-,14+,15-,16-/m1/s1. The smallest absolute Gasteiger partial charge is 0.330 e. The lowest BCUT2D eigenvalue weighted by Gasteiger charge is -2.39. The maximum atomic E-state index is 11.7. The summed E-state index contributed by atoms with van der Waals surface area (Å²) in [5.41, 5.74) is 0.458. The van der Waals surface area contributed by atoms with Gasteiger partial charge in [0.1, 0.15) is 31.0 Å². The first kappa shape index (κ1) is 19.2. The Hall–Kier alpha value is -2.17. The zero-order valence-corrected chi connectivity index (χ0v) is 13.3. The lowest BCUT2D eigenvalue weighted by molar-refractivity contribution is -0.294. The van der Waals surface area contributed by atoms with Gasteiger partial charge in [-0.05, 0) is 23.8 Å². The molecule has 0 aromatic heterocycles. The van der Waals surface area contributed by atoms with Crippen LogP contribution in [0.4, 0.5) is 0 Å². The number of esters is 1. The minimum atomic E-state index is -1.50. The van der Waals surface area contributed by atoms with E-state index in [1.807, 2.05) is 0 Å². The second-order valence-electron chi connectivity index (χ2n) is 5.46. The fourth-order valence-corrected chi connectivity index (χ4v) is 2.27. The number of rotatable bonds is 5. The summed E-state index contributed by atoms with van der Waals surface area (Å²) >= 11 is 0. The van der Waals surface area contributed by atoms with Crippen molar-refractivity contribution in [1.29, 1.82) is 0 Å². The van der Waals surface area contributed by atoms with E-state index in [9.17, 15) is 30.3 Å². The normalized spacial score (nSPS) is 29.7. The van der Waals surface area contributed by atoms with E-state index in [2.05, 4.69) is 0 Å². The summed E-state index contributed by atoms with van der Waals surface area (Å²) in [5.74, 6) is -1.36. The van der Waals surface area contributed by atoms with Gasteiger partial charge in [0.05, 0.1) is 0 Å². The Morgan fingerprint density at radius 1 is 1.16 bits per heavy atom. The monoisotopic (exact) mass is 356 g/mol. The fourth-order valence-electron chi connectivity index (χ4n) is 2.27. The molecule has 0 saturated carbocycles. The lowest BCUT2D eigenvalue weighted by Crippen LogP contribution is -2.59. The highest BCUT2D eigenvalue weighted by atomic mass is 16.7. The molecule has 0 spiro atoms. The summed E-state index contributed by atoms with van der Waals surface area (Å²) < 4.78 is 15.0. The molecular weight excluding hydrogens is 336 g/mol. The third kappa shape index (κ3) is 4.68. The summed E-state index contributed by atoms with van der Waals surface area (Å²) in [7, 11) is 1.26. The number of aliphatic hydroxyl groups is 3. The van der Waals surface area contributed by atoms with Crippen molar-refractivity contribution in [3.05, 3.63) is 29.8 Å². The van der Waals surface area contributed by atoms with Crippen molar-refractivity contribution in [3.8, 4) is 11.5 Å². The number of phenolic OH excluding ortho intramolecular Hbond substituents is 2. The minimum Gasteiger partial charge on any atom is -0.504 e. The van der Waals surface area contributed by atoms with Crippen LogP contribution in [0.15, 0.2) is 24.3 Å². The van der Waals surface area contributed by atoms with Crippen LogP contribution in [0.1, 0.15) is 5.56 Å². The molecule has 1 aliphatic heterocycles. The van der Waals surface area contributed by atoms with E-state index in [4.69, 9.17) is 14.2 Å². The Bertz CT molecular complexity index is 628. The van der Waals surface area contributed by atoms with Crippen molar-refractivity contribution in [1.82, 2.24) is 0 Å².